The molecule has 5 nitrogen and oxygen atoms in total. The first-order chi connectivity index (χ1) is 8.51. The molecule has 1 unspecified atom stereocenters. The van der Waals surface area contributed by atoms with Gasteiger partial charge in [-0.3, -0.25) is 0 Å². The SMILES string of the molecule is CCOC(=O)c1ccc(N(C)C(C)CO)c(N)c1. The molecule has 18 heavy (non-hydrogen) atoms. The molecular weight excluding hydrogens is 232 g/mol. The summed E-state index contributed by atoms with van der Waals surface area (Å²) in [7, 11) is 1.84. The van der Waals surface area contributed by atoms with Gasteiger partial charge in [-0.2, -0.15) is 0 Å². The van der Waals surface area contributed by atoms with E-state index in [-0.39, 0.29) is 18.6 Å². The Bertz CT molecular complexity index is 421. The van der Waals surface area contributed by atoms with E-state index in [1.54, 1.807) is 25.1 Å². The Labute approximate surface area is 107 Å². The van der Waals surface area contributed by atoms with E-state index in [1.165, 1.54) is 0 Å². The van der Waals surface area contributed by atoms with Crippen LogP contribution in [0, 0.1) is 0 Å². The van der Waals surface area contributed by atoms with E-state index in [9.17, 15) is 4.79 Å². The van der Waals surface area contributed by atoms with Crippen LogP contribution in [-0.2, 0) is 4.74 Å². The molecule has 0 amide bonds. The molecule has 0 saturated carbocycles. The van der Waals surface area contributed by atoms with E-state index in [1.807, 2.05) is 18.9 Å². The molecule has 1 aromatic rings. The Morgan fingerprint density at radius 1 is 1.56 bits per heavy atom. The third-order valence-corrected chi connectivity index (χ3v) is 2.84. The summed E-state index contributed by atoms with van der Waals surface area (Å²) in [6.07, 6.45) is 0. The van der Waals surface area contributed by atoms with Gasteiger partial charge in [-0.05, 0) is 32.0 Å². The van der Waals surface area contributed by atoms with Crippen molar-refractivity contribution in [2.24, 2.45) is 0 Å². The lowest BCUT2D eigenvalue weighted by molar-refractivity contribution is 0.0526. The second-order valence-electron chi connectivity index (χ2n) is 4.14. The molecule has 0 heterocycles. The summed E-state index contributed by atoms with van der Waals surface area (Å²) in [6, 6.07) is 4.98. The van der Waals surface area contributed by atoms with E-state index >= 15 is 0 Å². The zero-order valence-corrected chi connectivity index (χ0v) is 11.0. The number of esters is 1. The van der Waals surface area contributed by atoms with Crippen molar-refractivity contribution in [1.82, 2.24) is 0 Å². The number of hydrogen-bond donors (Lipinski definition) is 2. The normalized spacial score (nSPS) is 12.0. The summed E-state index contributed by atoms with van der Waals surface area (Å²) in [5.41, 5.74) is 7.62. The maximum atomic E-state index is 11.5. The smallest absolute Gasteiger partial charge is 0.338 e. The van der Waals surface area contributed by atoms with Gasteiger partial charge in [0.2, 0.25) is 0 Å². The Kier molecular flexibility index (Phi) is 4.97. The predicted molar refractivity (Wildman–Crippen MR) is 71.8 cm³/mol. The van der Waals surface area contributed by atoms with Crippen LogP contribution < -0.4 is 10.6 Å². The van der Waals surface area contributed by atoms with Gasteiger partial charge in [-0.25, -0.2) is 4.79 Å². The maximum Gasteiger partial charge on any atom is 0.338 e. The molecule has 0 aliphatic carbocycles. The quantitative estimate of drug-likeness (QED) is 0.609. The highest BCUT2D eigenvalue weighted by molar-refractivity contribution is 5.92. The summed E-state index contributed by atoms with van der Waals surface area (Å²) >= 11 is 0. The van der Waals surface area contributed by atoms with Crippen LogP contribution in [0.15, 0.2) is 18.2 Å². The number of carbonyl (C=O) groups excluding carboxylic acids is 1. The van der Waals surface area contributed by atoms with E-state index in [0.29, 0.717) is 17.9 Å². The Hall–Kier alpha value is -1.75. The minimum absolute atomic E-state index is 0.0373. The predicted octanol–water partition coefficient (Wildman–Crippen LogP) is 1.26. The molecule has 0 fully saturated rings. The highest BCUT2D eigenvalue weighted by Gasteiger charge is 2.14. The number of aliphatic hydroxyl groups is 1. The van der Waals surface area contributed by atoms with Crippen molar-refractivity contribution < 1.29 is 14.6 Å². The van der Waals surface area contributed by atoms with Crippen molar-refractivity contribution in [2.75, 3.05) is 30.9 Å². The molecule has 5 heteroatoms. The molecule has 0 aliphatic heterocycles. The lowest BCUT2D eigenvalue weighted by atomic mass is 10.1. The van der Waals surface area contributed by atoms with Crippen LogP contribution in [0.5, 0.6) is 0 Å². The second kappa shape index (κ2) is 6.26. The molecule has 1 aromatic carbocycles. The highest BCUT2D eigenvalue weighted by atomic mass is 16.5. The fraction of sp³-hybridized carbons (Fsp3) is 0.462. The number of nitrogens with zero attached hydrogens (tertiary/aromatic N) is 1. The van der Waals surface area contributed by atoms with Crippen LogP contribution in [0.2, 0.25) is 0 Å². The monoisotopic (exact) mass is 252 g/mol. The van der Waals surface area contributed by atoms with E-state index < -0.39 is 0 Å². The molecule has 1 atom stereocenters. The van der Waals surface area contributed by atoms with Gasteiger partial charge >= 0.3 is 5.97 Å². The molecule has 0 aromatic heterocycles. The molecule has 0 saturated heterocycles. The zero-order valence-electron chi connectivity index (χ0n) is 11.0. The lowest BCUT2D eigenvalue weighted by Gasteiger charge is -2.26. The number of likely N-dealkylation sites (N-methyl/N-ethyl adjacent to an activating group) is 1. The average molecular weight is 252 g/mol. The fourth-order valence-corrected chi connectivity index (χ4v) is 1.58. The number of anilines is 2. The average Bonchev–Trinajstić information content (AvgIpc) is 2.37. The van der Waals surface area contributed by atoms with Crippen molar-refractivity contribution in [3.63, 3.8) is 0 Å². The van der Waals surface area contributed by atoms with Crippen molar-refractivity contribution in [2.45, 2.75) is 19.9 Å². The number of benzene rings is 1. The van der Waals surface area contributed by atoms with Crippen LogP contribution in [-0.4, -0.2) is 37.4 Å². The summed E-state index contributed by atoms with van der Waals surface area (Å²) < 4.78 is 4.90. The van der Waals surface area contributed by atoms with E-state index in [2.05, 4.69) is 0 Å². The van der Waals surface area contributed by atoms with Crippen molar-refractivity contribution in [3.8, 4) is 0 Å². The van der Waals surface area contributed by atoms with Gasteiger partial charge in [0.25, 0.3) is 0 Å². The lowest BCUT2D eigenvalue weighted by Crippen LogP contribution is -2.32. The minimum atomic E-state index is -0.381. The summed E-state index contributed by atoms with van der Waals surface area (Å²) in [6.45, 7) is 4.02. The summed E-state index contributed by atoms with van der Waals surface area (Å²) in [5.74, 6) is -0.381. The van der Waals surface area contributed by atoms with E-state index in [4.69, 9.17) is 15.6 Å². The van der Waals surface area contributed by atoms with Gasteiger partial charge in [0.15, 0.2) is 0 Å². The number of hydrogen-bond acceptors (Lipinski definition) is 5. The molecule has 0 bridgehead atoms. The highest BCUT2D eigenvalue weighted by Crippen LogP contribution is 2.25. The second-order valence-corrected chi connectivity index (χ2v) is 4.14. The van der Waals surface area contributed by atoms with Gasteiger partial charge < -0.3 is 20.5 Å². The molecule has 100 valence electrons. The van der Waals surface area contributed by atoms with Gasteiger partial charge in [0.1, 0.15) is 0 Å². The topological polar surface area (TPSA) is 75.8 Å². The number of rotatable bonds is 5. The van der Waals surface area contributed by atoms with Crippen molar-refractivity contribution in [3.05, 3.63) is 23.8 Å². The van der Waals surface area contributed by atoms with Crippen LogP contribution >= 0.6 is 0 Å². The van der Waals surface area contributed by atoms with Crippen molar-refractivity contribution >= 4 is 17.3 Å². The fourth-order valence-electron chi connectivity index (χ4n) is 1.58. The van der Waals surface area contributed by atoms with Crippen LogP contribution in [0.3, 0.4) is 0 Å². The van der Waals surface area contributed by atoms with Gasteiger partial charge in [0, 0.05) is 13.1 Å². The van der Waals surface area contributed by atoms with Gasteiger partial charge in [-0.1, -0.05) is 0 Å². The number of ether oxygens (including phenoxy) is 1. The Morgan fingerprint density at radius 2 is 2.22 bits per heavy atom. The molecule has 0 aliphatic rings. The number of nitrogen functional groups attached to an aromatic ring is 1. The first-order valence-electron chi connectivity index (χ1n) is 5.91. The standard InChI is InChI=1S/C13H20N2O3/c1-4-18-13(17)10-5-6-12(11(14)7-10)15(3)9(2)8-16/h5-7,9,16H,4,8,14H2,1-3H3. The Balaban J connectivity index is 2.95. The van der Waals surface area contributed by atoms with Crippen LogP contribution in [0.1, 0.15) is 24.2 Å². The van der Waals surface area contributed by atoms with Crippen molar-refractivity contribution in [1.29, 1.82) is 0 Å². The molecule has 0 radical (unpaired) electrons. The largest absolute Gasteiger partial charge is 0.462 e. The number of carbonyl (C=O) groups is 1. The number of nitrogens with two attached hydrogens (primary N) is 1. The van der Waals surface area contributed by atoms with Crippen LogP contribution in [0.4, 0.5) is 11.4 Å². The first-order valence-corrected chi connectivity index (χ1v) is 5.91. The molecule has 0 spiro atoms. The summed E-state index contributed by atoms with van der Waals surface area (Å²) in [5, 5.41) is 9.11. The Morgan fingerprint density at radius 3 is 2.72 bits per heavy atom. The summed E-state index contributed by atoms with van der Waals surface area (Å²) in [4.78, 5) is 13.4. The molecular formula is C13H20N2O3. The third kappa shape index (κ3) is 3.13. The van der Waals surface area contributed by atoms with Gasteiger partial charge in [-0.15, -0.1) is 0 Å². The zero-order chi connectivity index (χ0) is 13.7. The van der Waals surface area contributed by atoms with Crippen LogP contribution in [0.25, 0.3) is 0 Å². The maximum absolute atomic E-state index is 11.5. The molecule has 3 N–H and O–H groups in total. The number of aliphatic hydroxyl groups excluding tert-OH is 1. The molecule has 1 rings (SSSR count). The first kappa shape index (κ1) is 14.3. The van der Waals surface area contributed by atoms with Gasteiger partial charge in [0.05, 0.1) is 30.2 Å². The minimum Gasteiger partial charge on any atom is -0.462 e. The third-order valence-electron chi connectivity index (χ3n) is 2.84. The van der Waals surface area contributed by atoms with E-state index in [0.717, 1.165) is 5.69 Å².